The smallest absolute Gasteiger partial charge is 0.290 e. The summed E-state index contributed by atoms with van der Waals surface area (Å²) in [6.07, 6.45) is 4.99. The molecule has 1 aromatic heterocycles. The van der Waals surface area contributed by atoms with Crippen molar-refractivity contribution < 1.29 is 14.7 Å². The number of aliphatic hydroxyl groups excluding tert-OH is 1. The third kappa shape index (κ3) is 3.60. The van der Waals surface area contributed by atoms with Crippen LogP contribution in [0.4, 0.5) is 0 Å². The fraction of sp³-hybridized carbons (Fsp3) is 0.409. The second kappa shape index (κ2) is 7.92. The van der Waals surface area contributed by atoms with Crippen molar-refractivity contribution in [3.8, 4) is 0 Å². The molecular formula is C22H23ClN2O3S. The topological polar surface area (TPSA) is 70.5 Å². The Bertz CT molecular complexity index is 990. The Morgan fingerprint density at radius 2 is 1.83 bits per heavy atom. The van der Waals surface area contributed by atoms with Crippen LogP contribution in [0.15, 0.2) is 35.6 Å². The van der Waals surface area contributed by atoms with E-state index < -0.39 is 17.7 Å². The molecule has 1 aliphatic carbocycles. The highest BCUT2D eigenvalue weighted by Gasteiger charge is 2.47. The number of thiazole rings is 1. The number of nitrogens with zero attached hydrogens (tertiary/aromatic N) is 2. The van der Waals surface area contributed by atoms with Gasteiger partial charge in [0.05, 0.1) is 27.2 Å². The van der Waals surface area contributed by atoms with E-state index in [0.29, 0.717) is 15.6 Å². The maximum Gasteiger partial charge on any atom is 0.290 e. The molecule has 0 spiro atoms. The minimum absolute atomic E-state index is 0.00803. The molecule has 2 heterocycles. The number of carbonyl (C=O) groups excluding carboxylic acids is 2. The molecule has 152 valence electrons. The molecule has 1 aliphatic heterocycles. The van der Waals surface area contributed by atoms with Crippen LogP contribution in [-0.4, -0.2) is 32.7 Å². The second-order valence-electron chi connectivity index (χ2n) is 7.70. The monoisotopic (exact) mass is 430 g/mol. The molecule has 2 aliphatic rings. The normalized spacial score (nSPS) is 20.6. The van der Waals surface area contributed by atoms with Gasteiger partial charge in [0.15, 0.2) is 5.76 Å². The van der Waals surface area contributed by atoms with E-state index in [0.717, 1.165) is 42.7 Å². The van der Waals surface area contributed by atoms with Crippen molar-refractivity contribution in [1.29, 1.82) is 0 Å². The number of halogens is 1. The Balaban J connectivity index is 1.82. The van der Waals surface area contributed by atoms with Gasteiger partial charge in [-0.05, 0) is 44.4 Å². The number of amides is 1. The van der Waals surface area contributed by atoms with Crippen molar-refractivity contribution in [3.63, 3.8) is 0 Å². The summed E-state index contributed by atoms with van der Waals surface area (Å²) in [7, 11) is 0. The molecule has 2 aromatic rings. The van der Waals surface area contributed by atoms with E-state index in [2.05, 4.69) is 4.98 Å². The zero-order valence-corrected chi connectivity index (χ0v) is 18.0. The lowest BCUT2D eigenvalue weighted by Crippen LogP contribution is -2.41. The quantitative estimate of drug-likeness (QED) is 0.666. The third-order valence-corrected chi connectivity index (χ3v) is 7.08. The first-order valence-corrected chi connectivity index (χ1v) is 11.1. The van der Waals surface area contributed by atoms with Crippen LogP contribution in [0.5, 0.6) is 0 Å². The molecule has 4 rings (SSSR count). The summed E-state index contributed by atoms with van der Waals surface area (Å²) in [5.74, 6) is -1.22. The number of aromatic nitrogens is 1. The minimum atomic E-state index is -0.614. The number of rotatable bonds is 4. The van der Waals surface area contributed by atoms with Gasteiger partial charge in [-0.1, -0.05) is 43.0 Å². The molecule has 29 heavy (non-hydrogen) atoms. The highest BCUT2D eigenvalue weighted by atomic mass is 35.5. The molecule has 1 aromatic carbocycles. The summed E-state index contributed by atoms with van der Waals surface area (Å²) in [4.78, 5) is 33.1. The van der Waals surface area contributed by atoms with E-state index in [-0.39, 0.29) is 17.4 Å². The zero-order valence-electron chi connectivity index (χ0n) is 16.4. The number of Topliss-reactive ketones (excluding diaryl/α,β-unsaturated/α-hetero) is 1. The van der Waals surface area contributed by atoms with E-state index in [4.69, 9.17) is 11.6 Å². The van der Waals surface area contributed by atoms with Gasteiger partial charge in [-0.15, -0.1) is 11.3 Å². The maximum absolute atomic E-state index is 13.5. The average Bonchev–Trinajstić information content (AvgIpc) is 3.18. The van der Waals surface area contributed by atoms with Gasteiger partial charge < -0.3 is 10.0 Å². The molecule has 0 bridgehead atoms. The maximum atomic E-state index is 13.5. The molecule has 1 saturated carbocycles. The van der Waals surface area contributed by atoms with Crippen LogP contribution >= 0.6 is 22.9 Å². The lowest BCUT2D eigenvalue weighted by molar-refractivity contribution is -0.132. The number of aliphatic hydroxyl groups is 1. The summed E-state index contributed by atoms with van der Waals surface area (Å²) < 4.78 is 0. The summed E-state index contributed by atoms with van der Waals surface area (Å²) >= 11 is 7.36. The summed E-state index contributed by atoms with van der Waals surface area (Å²) in [5, 5.41) is 12.2. The van der Waals surface area contributed by atoms with Crippen LogP contribution in [0.1, 0.15) is 64.1 Å². The first-order chi connectivity index (χ1) is 13.9. The van der Waals surface area contributed by atoms with Crippen molar-refractivity contribution >= 4 is 34.6 Å². The third-order valence-electron chi connectivity index (χ3n) is 5.75. The predicted molar refractivity (Wildman–Crippen MR) is 113 cm³/mol. The fourth-order valence-corrected chi connectivity index (χ4v) is 5.43. The van der Waals surface area contributed by atoms with Crippen LogP contribution in [0.3, 0.4) is 0 Å². The number of benzene rings is 1. The fourth-order valence-electron chi connectivity index (χ4n) is 4.43. The van der Waals surface area contributed by atoms with Crippen LogP contribution < -0.4 is 0 Å². The van der Waals surface area contributed by atoms with Crippen LogP contribution in [-0.2, 0) is 4.79 Å². The number of ketones is 1. The summed E-state index contributed by atoms with van der Waals surface area (Å²) in [6.45, 7) is 3.62. The van der Waals surface area contributed by atoms with E-state index in [1.807, 2.05) is 19.1 Å². The van der Waals surface area contributed by atoms with Crippen LogP contribution in [0.25, 0.3) is 0 Å². The molecule has 5 nitrogen and oxygen atoms in total. The molecule has 0 saturated heterocycles. The van der Waals surface area contributed by atoms with Gasteiger partial charge in [0, 0.05) is 11.1 Å². The van der Waals surface area contributed by atoms with Crippen molar-refractivity contribution in [2.45, 2.75) is 58.0 Å². The Morgan fingerprint density at radius 1 is 1.17 bits per heavy atom. The molecule has 1 atom stereocenters. The SMILES string of the molecule is Cc1nc(C)c(C(=O)C2=C(O)C(=O)N(C3CCCCC3)C2c2ccc(Cl)cc2)s1. The highest BCUT2D eigenvalue weighted by molar-refractivity contribution is 7.14. The molecule has 1 amide bonds. The van der Waals surface area contributed by atoms with Gasteiger partial charge >= 0.3 is 0 Å². The van der Waals surface area contributed by atoms with E-state index in [1.165, 1.54) is 11.3 Å². The van der Waals surface area contributed by atoms with Gasteiger partial charge in [0.25, 0.3) is 5.91 Å². The lowest BCUT2D eigenvalue weighted by Gasteiger charge is -2.36. The van der Waals surface area contributed by atoms with Gasteiger partial charge in [-0.3, -0.25) is 9.59 Å². The first-order valence-electron chi connectivity index (χ1n) is 9.88. The Hall–Kier alpha value is -2.18. The Labute approximate surface area is 179 Å². The molecule has 1 fully saturated rings. The van der Waals surface area contributed by atoms with Gasteiger partial charge in [-0.2, -0.15) is 0 Å². The van der Waals surface area contributed by atoms with E-state index >= 15 is 0 Å². The first kappa shape index (κ1) is 20.1. The number of aryl methyl sites for hydroxylation is 2. The second-order valence-corrected chi connectivity index (χ2v) is 9.34. The molecule has 1 unspecified atom stereocenters. The van der Waals surface area contributed by atoms with Crippen LogP contribution in [0.2, 0.25) is 5.02 Å². The average molecular weight is 431 g/mol. The Morgan fingerprint density at radius 3 is 2.41 bits per heavy atom. The minimum Gasteiger partial charge on any atom is -0.503 e. The van der Waals surface area contributed by atoms with Crippen molar-refractivity contribution in [2.75, 3.05) is 0 Å². The summed E-state index contributed by atoms with van der Waals surface area (Å²) in [6, 6.07) is 6.55. The molecular weight excluding hydrogens is 408 g/mol. The highest BCUT2D eigenvalue weighted by Crippen LogP contribution is 2.43. The van der Waals surface area contributed by atoms with E-state index in [1.54, 1.807) is 24.0 Å². The molecule has 0 radical (unpaired) electrons. The van der Waals surface area contributed by atoms with E-state index in [9.17, 15) is 14.7 Å². The molecule has 7 heteroatoms. The lowest BCUT2D eigenvalue weighted by atomic mass is 9.90. The number of hydrogen-bond acceptors (Lipinski definition) is 5. The Kier molecular flexibility index (Phi) is 5.49. The van der Waals surface area contributed by atoms with Gasteiger partial charge in [0.2, 0.25) is 5.78 Å². The van der Waals surface area contributed by atoms with Crippen molar-refractivity contribution in [3.05, 3.63) is 61.8 Å². The summed E-state index contributed by atoms with van der Waals surface area (Å²) in [5.41, 5.74) is 1.55. The van der Waals surface area contributed by atoms with Gasteiger partial charge in [0.1, 0.15) is 0 Å². The number of hydrogen-bond donors (Lipinski definition) is 1. The zero-order chi connectivity index (χ0) is 20.7. The standard InChI is InChI=1S/C22H23ClN2O3S/c1-12-21(29-13(2)24-12)19(26)17-18(14-8-10-15(23)11-9-14)25(22(28)20(17)27)16-6-4-3-5-7-16/h8-11,16,18,27H,3-7H2,1-2H3. The van der Waals surface area contributed by atoms with Gasteiger partial charge in [-0.25, -0.2) is 4.98 Å². The van der Waals surface area contributed by atoms with Crippen molar-refractivity contribution in [2.24, 2.45) is 0 Å². The van der Waals surface area contributed by atoms with Crippen LogP contribution in [0, 0.1) is 13.8 Å². The molecule has 1 N–H and O–H groups in total. The predicted octanol–water partition coefficient (Wildman–Crippen LogP) is 5.32. The number of carbonyl (C=O) groups is 2. The van der Waals surface area contributed by atoms with Crippen molar-refractivity contribution in [1.82, 2.24) is 9.88 Å². The largest absolute Gasteiger partial charge is 0.503 e.